The molecule has 0 bridgehead atoms. The SMILES string of the molecule is CC[N+](CC)(CCCCN(Cc1ccc2ccccc2c1)C(=O)c1sc2cc(OC)c(OC)c(OC)c2c1Cl)Cc1cc(C)cc(C)c1. The number of halogens is 1. The normalized spacial score (nSPS) is 11.7. The van der Waals surface area contributed by atoms with Crippen molar-refractivity contribution < 1.29 is 23.5 Å². The molecule has 4 aromatic carbocycles. The molecule has 0 saturated heterocycles. The third-order valence-corrected chi connectivity index (χ3v) is 11.2. The first-order chi connectivity index (χ1) is 23.1. The molecule has 0 unspecified atom stereocenters. The van der Waals surface area contributed by atoms with E-state index in [0.717, 1.165) is 59.2 Å². The summed E-state index contributed by atoms with van der Waals surface area (Å²) in [5.74, 6) is 1.36. The van der Waals surface area contributed by atoms with Crippen molar-refractivity contribution in [1.82, 2.24) is 4.90 Å². The molecule has 0 aliphatic heterocycles. The van der Waals surface area contributed by atoms with Crippen molar-refractivity contribution in [3.63, 3.8) is 0 Å². The largest absolute Gasteiger partial charge is 0.493 e. The fraction of sp³-hybridized carbons (Fsp3) is 0.375. The van der Waals surface area contributed by atoms with E-state index in [9.17, 15) is 4.79 Å². The van der Waals surface area contributed by atoms with Gasteiger partial charge >= 0.3 is 0 Å². The van der Waals surface area contributed by atoms with Crippen LogP contribution in [-0.4, -0.2) is 62.8 Å². The smallest absolute Gasteiger partial charge is 0.265 e. The topological polar surface area (TPSA) is 48.0 Å². The zero-order chi connectivity index (χ0) is 34.4. The first-order valence-corrected chi connectivity index (χ1v) is 18.0. The number of unbranched alkanes of at least 4 members (excludes halogenated alkanes) is 1. The summed E-state index contributed by atoms with van der Waals surface area (Å²) in [7, 11) is 4.72. The van der Waals surface area contributed by atoms with Crippen molar-refractivity contribution in [1.29, 1.82) is 0 Å². The number of quaternary nitrogens is 1. The molecule has 0 N–H and O–H groups in total. The zero-order valence-corrected chi connectivity index (χ0v) is 30.9. The van der Waals surface area contributed by atoms with Gasteiger partial charge in [0.2, 0.25) is 5.75 Å². The van der Waals surface area contributed by atoms with Crippen LogP contribution in [0, 0.1) is 13.8 Å². The van der Waals surface area contributed by atoms with Crippen molar-refractivity contribution in [3.8, 4) is 17.2 Å². The van der Waals surface area contributed by atoms with Gasteiger partial charge in [0, 0.05) is 29.4 Å². The molecule has 1 amide bonds. The van der Waals surface area contributed by atoms with Gasteiger partial charge in [0.15, 0.2) is 11.5 Å². The Morgan fingerprint density at radius 2 is 1.50 bits per heavy atom. The average molecular weight is 688 g/mol. The molecule has 8 heteroatoms. The second-order valence-electron chi connectivity index (χ2n) is 12.7. The molecule has 0 fully saturated rings. The number of ether oxygens (including phenoxy) is 3. The number of hydrogen-bond acceptors (Lipinski definition) is 5. The standard InChI is InChI=1S/C40H48ClN2O4S/c1-8-43(9-2,26-30-21-27(3)20-28(4)22-30)19-13-12-18-42(25-29-16-17-31-14-10-11-15-32(31)23-29)40(44)39-36(41)35-34(48-39)24-33(45-5)37(46-6)38(35)47-7/h10-11,14-17,20-24H,8-9,12-13,18-19,25-26H2,1-7H3/q+1. The Labute approximate surface area is 294 Å². The monoisotopic (exact) mass is 687 g/mol. The quantitative estimate of drug-likeness (QED) is 0.0812. The molecule has 0 atom stereocenters. The second kappa shape index (κ2) is 15.6. The lowest BCUT2D eigenvalue weighted by Gasteiger charge is -2.37. The van der Waals surface area contributed by atoms with E-state index in [2.05, 4.69) is 76.2 Å². The Kier molecular flexibility index (Phi) is 11.6. The lowest BCUT2D eigenvalue weighted by molar-refractivity contribution is -0.938. The van der Waals surface area contributed by atoms with E-state index in [4.69, 9.17) is 25.8 Å². The number of carbonyl (C=O) groups is 1. The minimum absolute atomic E-state index is 0.0867. The van der Waals surface area contributed by atoms with Crippen LogP contribution >= 0.6 is 22.9 Å². The summed E-state index contributed by atoms with van der Waals surface area (Å²) in [4.78, 5) is 16.9. The van der Waals surface area contributed by atoms with E-state index in [1.165, 1.54) is 33.4 Å². The molecule has 0 aliphatic rings. The van der Waals surface area contributed by atoms with E-state index >= 15 is 0 Å². The van der Waals surface area contributed by atoms with Crippen molar-refractivity contribution in [2.75, 3.05) is 47.5 Å². The number of amides is 1. The number of carbonyl (C=O) groups excluding carboxylic acids is 1. The van der Waals surface area contributed by atoms with Crippen LogP contribution in [0.3, 0.4) is 0 Å². The molecule has 1 heterocycles. The lowest BCUT2D eigenvalue weighted by Crippen LogP contribution is -2.47. The number of hydrogen-bond donors (Lipinski definition) is 0. The van der Waals surface area contributed by atoms with Crippen molar-refractivity contribution in [3.05, 3.63) is 98.9 Å². The highest BCUT2D eigenvalue weighted by Gasteiger charge is 2.29. The predicted octanol–water partition coefficient (Wildman–Crippen LogP) is 9.83. The molecule has 5 rings (SSSR count). The summed E-state index contributed by atoms with van der Waals surface area (Å²) < 4.78 is 18.8. The van der Waals surface area contributed by atoms with Crippen LogP contribution in [0.25, 0.3) is 20.9 Å². The maximum absolute atomic E-state index is 14.5. The van der Waals surface area contributed by atoms with Gasteiger partial charge in [0.25, 0.3) is 5.91 Å². The van der Waals surface area contributed by atoms with Crippen molar-refractivity contribution in [2.24, 2.45) is 0 Å². The molecule has 0 spiro atoms. The first-order valence-electron chi connectivity index (χ1n) is 16.8. The van der Waals surface area contributed by atoms with Gasteiger partial charge in [-0.3, -0.25) is 4.79 Å². The zero-order valence-electron chi connectivity index (χ0n) is 29.3. The number of thiophene rings is 1. The van der Waals surface area contributed by atoms with Crippen molar-refractivity contribution >= 4 is 49.7 Å². The highest BCUT2D eigenvalue weighted by atomic mass is 35.5. The van der Waals surface area contributed by atoms with Gasteiger partial charge in [0.1, 0.15) is 11.4 Å². The van der Waals surface area contributed by atoms with E-state index in [-0.39, 0.29) is 5.91 Å². The molecule has 6 nitrogen and oxygen atoms in total. The minimum atomic E-state index is -0.0867. The summed E-state index contributed by atoms with van der Waals surface area (Å²) in [6.07, 6.45) is 1.90. The van der Waals surface area contributed by atoms with Crippen molar-refractivity contribution in [2.45, 2.75) is 53.6 Å². The molecule has 254 valence electrons. The summed E-state index contributed by atoms with van der Waals surface area (Å²) in [6.45, 7) is 14.3. The molecule has 5 aromatic rings. The van der Waals surface area contributed by atoms with Crippen LogP contribution in [0.1, 0.15) is 58.6 Å². The summed E-state index contributed by atoms with van der Waals surface area (Å²) >= 11 is 8.39. The third-order valence-electron chi connectivity index (χ3n) is 9.55. The number of nitrogens with zero attached hydrogens (tertiary/aromatic N) is 2. The predicted molar refractivity (Wildman–Crippen MR) is 200 cm³/mol. The summed E-state index contributed by atoms with van der Waals surface area (Å²) in [5, 5.41) is 3.38. The van der Waals surface area contributed by atoms with Crippen LogP contribution in [0.2, 0.25) is 5.02 Å². The van der Waals surface area contributed by atoms with Gasteiger partial charge in [0.05, 0.1) is 51.4 Å². The molecular formula is C40H48ClN2O4S+. The number of fused-ring (bicyclic) bond motifs is 2. The highest BCUT2D eigenvalue weighted by Crippen LogP contribution is 2.50. The fourth-order valence-electron chi connectivity index (χ4n) is 6.92. The maximum Gasteiger partial charge on any atom is 0.265 e. The van der Waals surface area contributed by atoms with Gasteiger partial charge in [-0.25, -0.2) is 0 Å². The van der Waals surface area contributed by atoms with Crippen LogP contribution in [-0.2, 0) is 13.1 Å². The van der Waals surface area contributed by atoms with Crippen LogP contribution in [0.4, 0.5) is 0 Å². The third kappa shape index (κ3) is 7.59. The van der Waals surface area contributed by atoms with Gasteiger partial charge in [-0.1, -0.05) is 77.3 Å². The second-order valence-corrected chi connectivity index (χ2v) is 14.2. The Morgan fingerprint density at radius 3 is 2.15 bits per heavy atom. The van der Waals surface area contributed by atoms with E-state index in [0.29, 0.717) is 45.6 Å². The van der Waals surface area contributed by atoms with Gasteiger partial charge in [-0.15, -0.1) is 11.3 Å². The number of methoxy groups -OCH3 is 3. The van der Waals surface area contributed by atoms with Crippen LogP contribution in [0.15, 0.2) is 66.7 Å². The molecule has 0 aliphatic carbocycles. The Hall–Kier alpha value is -3.78. The molecule has 1 aromatic heterocycles. The Morgan fingerprint density at radius 1 is 0.812 bits per heavy atom. The van der Waals surface area contributed by atoms with E-state index in [1.54, 1.807) is 21.3 Å². The summed E-state index contributed by atoms with van der Waals surface area (Å²) in [5.41, 5.74) is 5.11. The maximum atomic E-state index is 14.5. The number of aryl methyl sites for hydroxylation is 2. The molecular weight excluding hydrogens is 640 g/mol. The van der Waals surface area contributed by atoms with E-state index in [1.807, 2.05) is 23.1 Å². The lowest BCUT2D eigenvalue weighted by atomic mass is 10.1. The Balaban J connectivity index is 1.42. The van der Waals surface area contributed by atoms with E-state index < -0.39 is 0 Å². The van der Waals surface area contributed by atoms with Gasteiger partial charge in [-0.05, 0) is 62.9 Å². The molecule has 0 radical (unpaired) electrons. The van der Waals surface area contributed by atoms with Gasteiger partial charge in [-0.2, -0.15) is 0 Å². The number of rotatable bonds is 15. The Bertz CT molecular complexity index is 1880. The number of benzene rings is 4. The summed E-state index contributed by atoms with van der Waals surface area (Å²) in [6, 6.07) is 23.5. The highest BCUT2D eigenvalue weighted by molar-refractivity contribution is 7.21. The fourth-order valence-corrected chi connectivity index (χ4v) is 8.45. The van der Waals surface area contributed by atoms with Crippen LogP contribution < -0.4 is 14.2 Å². The van der Waals surface area contributed by atoms with Gasteiger partial charge < -0.3 is 23.6 Å². The minimum Gasteiger partial charge on any atom is -0.493 e. The molecule has 0 saturated carbocycles. The average Bonchev–Trinajstić information content (AvgIpc) is 3.42. The molecule has 48 heavy (non-hydrogen) atoms. The first kappa shape index (κ1) is 35.5. The van der Waals surface area contributed by atoms with Crippen LogP contribution in [0.5, 0.6) is 17.2 Å².